The van der Waals surface area contributed by atoms with E-state index in [2.05, 4.69) is 5.32 Å². The Morgan fingerprint density at radius 3 is 2.56 bits per heavy atom. The largest absolute Gasteiger partial charge is 0.396 e. The number of carbonyl (C=O) groups is 1. The monoisotopic (exact) mass is 449 g/mol. The normalized spacial score (nSPS) is 25.9. The predicted octanol–water partition coefficient (Wildman–Crippen LogP) is 2.64. The van der Waals surface area contributed by atoms with Crippen molar-refractivity contribution in [3.05, 3.63) is 70.1 Å². The van der Waals surface area contributed by atoms with Gasteiger partial charge in [-0.3, -0.25) is 14.5 Å². The quantitative estimate of drug-likeness (QED) is 0.711. The van der Waals surface area contributed by atoms with Crippen LogP contribution in [0.25, 0.3) is 0 Å². The number of pyridine rings is 1. The van der Waals surface area contributed by atoms with Gasteiger partial charge in [0.15, 0.2) is 0 Å². The topological polar surface area (TPSA) is 74.6 Å². The van der Waals surface area contributed by atoms with Crippen molar-refractivity contribution in [2.75, 3.05) is 13.2 Å². The fourth-order valence-corrected chi connectivity index (χ4v) is 5.20. The molecule has 0 bridgehead atoms. The minimum Gasteiger partial charge on any atom is -0.396 e. The standard InChI is InChI=1S/C23H26F3N3O3/c1-14(15-6-3-2-4-7-15)27-22(32)21-17(13-30)16-12-29-18(8-5-9-19(29)31)20(16)28(21)11-10-23(24,25)26/h2-9,14,16-17,20-21,30H,10-13H2,1H3,(H,27,32)/t14-,16-,17-,20+,21-/m1/s1. The Labute approximate surface area is 183 Å². The van der Waals surface area contributed by atoms with Crippen LogP contribution >= 0.6 is 0 Å². The molecule has 0 spiro atoms. The van der Waals surface area contributed by atoms with Gasteiger partial charge < -0.3 is 15.0 Å². The lowest BCUT2D eigenvalue weighted by Gasteiger charge is -2.32. The summed E-state index contributed by atoms with van der Waals surface area (Å²) in [6.07, 6.45) is -5.47. The third-order valence-electron chi connectivity index (χ3n) is 6.65. The number of hydrogen-bond donors (Lipinski definition) is 2. The highest BCUT2D eigenvalue weighted by Crippen LogP contribution is 2.49. The first kappa shape index (κ1) is 22.5. The first-order valence-electron chi connectivity index (χ1n) is 10.7. The van der Waals surface area contributed by atoms with E-state index < -0.39 is 36.5 Å². The molecule has 3 heterocycles. The van der Waals surface area contributed by atoms with Crippen LogP contribution in [0.1, 0.15) is 36.7 Å². The summed E-state index contributed by atoms with van der Waals surface area (Å²) >= 11 is 0. The number of rotatable bonds is 6. The molecule has 2 aliphatic rings. The SMILES string of the molecule is C[C@@H](NC(=O)[C@H]1[C@H](CO)[C@H]2Cn3c(cccc3=O)[C@H]2N1CCC(F)(F)F)c1ccccc1. The molecule has 1 aromatic carbocycles. The smallest absolute Gasteiger partial charge is 0.390 e. The van der Waals surface area contributed by atoms with E-state index in [1.807, 2.05) is 37.3 Å². The molecular formula is C23H26F3N3O3. The second-order valence-electron chi connectivity index (χ2n) is 8.54. The lowest BCUT2D eigenvalue weighted by atomic mass is 9.88. The van der Waals surface area contributed by atoms with Crippen molar-refractivity contribution in [1.29, 1.82) is 0 Å². The van der Waals surface area contributed by atoms with Crippen LogP contribution in [0.5, 0.6) is 0 Å². The van der Waals surface area contributed by atoms with Crippen molar-refractivity contribution in [2.45, 2.75) is 44.2 Å². The summed E-state index contributed by atoms with van der Waals surface area (Å²) in [4.78, 5) is 27.2. The number of nitrogens with one attached hydrogen (secondary N) is 1. The fraction of sp³-hybridized carbons (Fsp3) is 0.478. The van der Waals surface area contributed by atoms with Gasteiger partial charge in [0.05, 0.1) is 24.5 Å². The zero-order valence-electron chi connectivity index (χ0n) is 17.6. The number of nitrogens with zero attached hydrogens (tertiary/aromatic N) is 2. The second-order valence-corrected chi connectivity index (χ2v) is 8.54. The third kappa shape index (κ3) is 4.19. The number of amides is 1. The number of alkyl halides is 3. The first-order valence-corrected chi connectivity index (χ1v) is 10.7. The minimum absolute atomic E-state index is 0.233. The van der Waals surface area contributed by atoms with Gasteiger partial charge in [0.1, 0.15) is 0 Å². The number of benzene rings is 1. The molecule has 2 aromatic rings. The molecule has 32 heavy (non-hydrogen) atoms. The molecule has 6 nitrogen and oxygen atoms in total. The maximum Gasteiger partial charge on any atom is 0.390 e. The average Bonchev–Trinajstić information content (AvgIpc) is 3.27. The van der Waals surface area contributed by atoms with Gasteiger partial charge in [-0.05, 0) is 18.6 Å². The van der Waals surface area contributed by atoms with Crippen molar-refractivity contribution in [3.63, 3.8) is 0 Å². The summed E-state index contributed by atoms with van der Waals surface area (Å²) in [7, 11) is 0. The number of carbonyl (C=O) groups excluding carboxylic acids is 1. The average molecular weight is 449 g/mol. The van der Waals surface area contributed by atoms with Crippen molar-refractivity contribution in [2.24, 2.45) is 11.8 Å². The number of aromatic nitrogens is 1. The van der Waals surface area contributed by atoms with E-state index in [9.17, 15) is 27.9 Å². The summed E-state index contributed by atoms with van der Waals surface area (Å²) in [6, 6.07) is 12.2. The van der Waals surface area contributed by atoms with Gasteiger partial charge in [0.25, 0.3) is 5.56 Å². The molecule has 0 radical (unpaired) electrons. The highest BCUT2D eigenvalue weighted by Gasteiger charge is 2.55. The molecule has 2 aliphatic heterocycles. The van der Waals surface area contributed by atoms with Crippen LogP contribution in [0.2, 0.25) is 0 Å². The van der Waals surface area contributed by atoms with Gasteiger partial charge in [-0.25, -0.2) is 0 Å². The summed E-state index contributed by atoms with van der Waals surface area (Å²) in [6.45, 7) is 1.34. The molecular weight excluding hydrogens is 423 g/mol. The van der Waals surface area contributed by atoms with E-state index in [1.165, 1.54) is 11.0 Å². The molecule has 4 rings (SSSR count). The number of likely N-dealkylation sites (tertiary alicyclic amines) is 1. The molecule has 0 aliphatic carbocycles. The molecule has 1 aromatic heterocycles. The predicted molar refractivity (Wildman–Crippen MR) is 112 cm³/mol. The van der Waals surface area contributed by atoms with Crippen LogP contribution < -0.4 is 10.9 Å². The number of fused-ring (bicyclic) bond motifs is 3. The molecule has 9 heteroatoms. The maximum atomic E-state index is 13.3. The second kappa shape index (κ2) is 8.71. The zero-order valence-corrected chi connectivity index (χ0v) is 17.6. The summed E-state index contributed by atoms with van der Waals surface area (Å²) in [5, 5.41) is 13.1. The number of aliphatic hydroxyl groups excluding tert-OH is 1. The van der Waals surface area contributed by atoms with Gasteiger partial charge in [0.2, 0.25) is 5.91 Å². The van der Waals surface area contributed by atoms with Gasteiger partial charge in [-0.15, -0.1) is 0 Å². The van der Waals surface area contributed by atoms with Gasteiger partial charge in [-0.1, -0.05) is 36.4 Å². The minimum atomic E-state index is -4.39. The van der Waals surface area contributed by atoms with Crippen molar-refractivity contribution >= 4 is 5.91 Å². The van der Waals surface area contributed by atoms with Crippen LogP contribution in [0.4, 0.5) is 13.2 Å². The number of halogens is 3. The molecule has 1 fully saturated rings. The molecule has 172 valence electrons. The Balaban J connectivity index is 1.66. The summed E-state index contributed by atoms with van der Waals surface area (Å²) in [5.74, 6) is -1.33. The Kier molecular flexibility index (Phi) is 6.13. The Morgan fingerprint density at radius 2 is 1.91 bits per heavy atom. The van der Waals surface area contributed by atoms with Crippen LogP contribution in [-0.2, 0) is 11.3 Å². The maximum absolute atomic E-state index is 13.3. The summed E-state index contributed by atoms with van der Waals surface area (Å²) in [5.41, 5.74) is 1.23. The van der Waals surface area contributed by atoms with Crippen LogP contribution in [0, 0.1) is 11.8 Å². The highest BCUT2D eigenvalue weighted by atomic mass is 19.4. The van der Waals surface area contributed by atoms with Crippen LogP contribution in [-0.4, -0.2) is 45.9 Å². The van der Waals surface area contributed by atoms with Gasteiger partial charge in [0, 0.05) is 43.3 Å². The van der Waals surface area contributed by atoms with E-state index in [-0.39, 0.29) is 37.2 Å². The zero-order chi connectivity index (χ0) is 23.0. The number of hydrogen-bond acceptors (Lipinski definition) is 4. The molecule has 1 amide bonds. The van der Waals surface area contributed by atoms with Gasteiger partial charge in [-0.2, -0.15) is 13.2 Å². The third-order valence-corrected chi connectivity index (χ3v) is 6.65. The van der Waals surface area contributed by atoms with Crippen LogP contribution in [0.15, 0.2) is 53.3 Å². The Bertz CT molecular complexity index is 1020. The lowest BCUT2D eigenvalue weighted by molar-refractivity contribution is -0.143. The summed E-state index contributed by atoms with van der Waals surface area (Å²) < 4.78 is 40.9. The van der Waals surface area contributed by atoms with E-state index in [4.69, 9.17) is 0 Å². The molecule has 5 atom stereocenters. The fourth-order valence-electron chi connectivity index (χ4n) is 5.20. The molecule has 0 unspecified atom stereocenters. The number of aliphatic hydroxyl groups is 1. The molecule has 1 saturated heterocycles. The molecule has 0 saturated carbocycles. The van der Waals surface area contributed by atoms with Gasteiger partial charge >= 0.3 is 6.18 Å². The van der Waals surface area contributed by atoms with E-state index in [1.54, 1.807) is 16.7 Å². The molecule has 2 N–H and O–H groups in total. The van der Waals surface area contributed by atoms with E-state index in [0.29, 0.717) is 5.69 Å². The lowest BCUT2D eigenvalue weighted by Crippen LogP contribution is -2.49. The van der Waals surface area contributed by atoms with E-state index >= 15 is 0 Å². The Hall–Kier alpha value is -2.65. The van der Waals surface area contributed by atoms with Crippen molar-refractivity contribution < 1.29 is 23.1 Å². The van der Waals surface area contributed by atoms with Crippen molar-refractivity contribution in [3.8, 4) is 0 Å². The first-order chi connectivity index (χ1) is 15.2. The van der Waals surface area contributed by atoms with E-state index in [0.717, 1.165) is 5.56 Å². The Morgan fingerprint density at radius 1 is 1.19 bits per heavy atom. The highest BCUT2D eigenvalue weighted by molar-refractivity contribution is 5.83. The van der Waals surface area contributed by atoms with Crippen molar-refractivity contribution in [1.82, 2.24) is 14.8 Å². The van der Waals surface area contributed by atoms with Crippen LogP contribution in [0.3, 0.4) is 0 Å².